The van der Waals surface area contributed by atoms with Crippen LogP contribution in [0.15, 0.2) is 48.7 Å². The molecule has 0 amide bonds. The van der Waals surface area contributed by atoms with Gasteiger partial charge < -0.3 is 4.57 Å². The Balaban J connectivity index is 2.19. The third kappa shape index (κ3) is 1.82. The lowest BCUT2D eigenvalue weighted by Crippen LogP contribution is -2.11. The van der Waals surface area contributed by atoms with Gasteiger partial charge in [-0.05, 0) is 46.9 Å². The Morgan fingerprint density at radius 1 is 0.880 bits per heavy atom. The molecule has 2 heterocycles. The molecule has 2 nitrogen and oxygen atoms in total. The van der Waals surface area contributed by atoms with Gasteiger partial charge in [0.25, 0.3) is 0 Å². The zero-order valence-corrected chi connectivity index (χ0v) is 15.2. The van der Waals surface area contributed by atoms with Crippen molar-refractivity contribution in [1.82, 2.24) is 9.55 Å². The molecular formula is C23H22N2. The van der Waals surface area contributed by atoms with Crippen LogP contribution in [0, 0.1) is 0 Å². The average molecular weight is 326 g/mol. The molecule has 0 atom stereocenters. The number of benzene rings is 3. The normalized spacial score (nSPS) is 13.0. The topological polar surface area (TPSA) is 17.8 Å². The Kier molecular flexibility index (Phi) is 2.78. The van der Waals surface area contributed by atoms with Gasteiger partial charge in [-0.1, -0.05) is 45.0 Å². The third-order valence-corrected chi connectivity index (χ3v) is 5.53. The lowest BCUT2D eigenvalue weighted by Gasteiger charge is -2.21. The molecular weight excluding hydrogens is 304 g/mol. The monoisotopic (exact) mass is 326 g/mol. The third-order valence-electron chi connectivity index (χ3n) is 5.53. The fourth-order valence-electron chi connectivity index (χ4n) is 4.27. The van der Waals surface area contributed by atoms with Gasteiger partial charge in [0, 0.05) is 28.9 Å². The molecule has 0 unspecified atom stereocenters. The molecule has 0 aliphatic rings. The van der Waals surface area contributed by atoms with Crippen LogP contribution in [0.5, 0.6) is 0 Å². The second kappa shape index (κ2) is 4.72. The molecule has 0 saturated carbocycles. The highest BCUT2D eigenvalue weighted by Gasteiger charge is 2.22. The highest BCUT2D eigenvalue weighted by atomic mass is 15.0. The maximum atomic E-state index is 4.77. The van der Waals surface area contributed by atoms with E-state index in [0.717, 1.165) is 12.1 Å². The van der Waals surface area contributed by atoms with Gasteiger partial charge >= 0.3 is 0 Å². The Labute approximate surface area is 147 Å². The maximum absolute atomic E-state index is 4.77. The Morgan fingerprint density at radius 2 is 1.64 bits per heavy atom. The van der Waals surface area contributed by atoms with Gasteiger partial charge in [-0.2, -0.15) is 0 Å². The lowest BCUT2D eigenvalue weighted by molar-refractivity contribution is 0.591. The van der Waals surface area contributed by atoms with E-state index in [1.807, 2.05) is 6.20 Å². The van der Waals surface area contributed by atoms with E-state index < -0.39 is 0 Å². The summed E-state index contributed by atoms with van der Waals surface area (Å²) in [4.78, 5) is 4.77. The van der Waals surface area contributed by atoms with Crippen molar-refractivity contribution < 1.29 is 0 Å². The predicted molar refractivity (Wildman–Crippen MR) is 108 cm³/mol. The van der Waals surface area contributed by atoms with Crippen molar-refractivity contribution in [1.29, 1.82) is 0 Å². The zero-order valence-electron chi connectivity index (χ0n) is 15.2. The molecule has 2 aromatic heterocycles. The number of hydrogen-bond donors (Lipinski definition) is 0. The first-order chi connectivity index (χ1) is 12.0. The van der Waals surface area contributed by atoms with Crippen molar-refractivity contribution in [3.05, 3.63) is 54.2 Å². The van der Waals surface area contributed by atoms with Gasteiger partial charge in [-0.15, -0.1) is 0 Å². The van der Waals surface area contributed by atoms with Crippen molar-refractivity contribution in [2.24, 2.45) is 0 Å². The molecule has 3 aromatic carbocycles. The van der Waals surface area contributed by atoms with Gasteiger partial charge in [0.1, 0.15) is 0 Å². The van der Waals surface area contributed by atoms with Crippen LogP contribution in [-0.4, -0.2) is 9.55 Å². The second-order valence-electron chi connectivity index (χ2n) is 8.01. The summed E-state index contributed by atoms with van der Waals surface area (Å²) in [6.45, 7) is 10.1. The van der Waals surface area contributed by atoms with E-state index in [-0.39, 0.29) is 5.41 Å². The molecule has 124 valence electrons. The Morgan fingerprint density at radius 3 is 2.36 bits per heavy atom. The summed E-state index contributed by atoms with van der Waals surface area (Å²) in [6.07, 6.45) is 1.95. The summed E-state index contributed by atoms with van der Waals surface area (Å²) in [5.41, 5.74) is 5.26. The fraction of sp³-hybridized carbons (Fsp3) is 0.261. The van der Waals surface area contributed by atoms with Crippen LogP contribution >= 0.6 is 0 Å². The molecule has 2 heteroatoms. The van der Waals surface area contributed by atoms with Crippen LogP contribution in [0.2, 0.25) is 0 Å². The fourth-order valence-corrected chi connectivity index (χ4v) is 4.27. The van der Waals surface area contributed by atoms with Crippen LogP contribution in [0.3, 0.4) is 0 Å². The van der Waals surface area contributed by atoms with E-state index >= 15 is 0 Å². The summed E-state index contributed by atoms with van der Waals surface area (Å²) in [6, 6.07) is 15.7. The molecule has 0 fully saturated rings. The van der Waals surface area contributed by atoms with Crippen LogP contribution in [0.4, 0.5) is 0 Å². The van der Waals surface area contributed by atoms with Crippen LogP contribution in [0.1, 0.15) is 33.3 Å². The standard InChI is InChI=1S/C23H22N2/c1-5-25-18-10-11-24-22-16-9-7-6-8-15(16)17-12-14(23(2,3)4)13-19(25)20(17)21(18)22/h6-13H,5H2,1-4H3. The first kappa shape index (κ1) is 14.7. The lowest BCUT2D eigenvalue weighted by atomic mass is 9.84. The zero-order chi connectivity index (χ0) is 17.3. The quantitative estimate of drug-likeness (QED) is 0.333. The molecule has 5 aromatic rings. The number of hydrogen-bond acceptors (Lipinski definition) is 1. The predicted octanol–water partition coefficient (Wildman–Crippen LogP) is 6.25. The van der Waals surface area contributed by atoms with E-state index in [0.29, 0.717) is 0 Å². The molecule has 0 N–H and O–H groups in total. The maximum Gasteiger partial charge on any atom is 0.0808 e. The smallest absolute Gasteiger partial charge is 0.0808 e. The van der Waals surface area contributed by atoms with E-state index in [1.165, 1.54) is 43.5 Å². The molecule has 0 spiro atoms. The minimum atomic E-state index is 0.118. The average Bonchev–Trinajstić information content (AvgIpc) is 2.94. The van der Waals surface area contributed by atoms with Crippen molar-refractivity contribution in [2.75, 3.05) is 0 Å². The minimum absolute atomic E-state index is 0.118. The van der Waals surface area contributed by atoms with E-state index in [2.05, 4.69) is 74.7 Å². The van der Waals surface area contributed by atoms with Gasteiger partial charge in [0.2, 0.25) is 0 Å². The molecule has 0 radical (unpaired) electrons. The SMILES string of the molecule is CCn1c2cc(C(C)(C)C)cc3c4ccccc4c4nccc1c4c32. The highest BCUT2D eigenvalue weighted by Crippen LogP contribution is 2.43. The van der Waals surface area contributed by atoms with E-state index in [4.69, 9.17) is 4.98 Å². The van der Waals surface area contributed by atoms with Crippen LogP contribution in [-0.2, 0) is 12.0 Å². The molecule has 25 heavy (non-hydrogen) atoms. The second-order valence-corrected chi connectivity index (χ2v) is 8.01. The number of fused-ring (bicyclic) bond motifs is 3. The highest BCUT2D eigenvalue weighted by molar-refractivity contribution is 6.33. The number of aromatic nitrogens is 2. The molecule has 0 bridgehead atoms. The summed E-state index contributed by atoms with van der Waals surface area (Å²) in [5, 5.41) is 6.60. The number of nitrogens with zero attached hydrogens (tertiary/aromatic N) is 2. The molecule has 0 aliphatic carbocycles. The first-order valence-electron chi connectivity index (χ1n) is 9.06. The summed E-state index contributed by atoms with van der Waals surface area (Å²) < 4.78 is 2.44. The summed E-state index contributed by atoms with van der Waals surface area (Å²) >= 11 is 0. The van der Waals surface area contributed by atoms with Crippen LogP contribution in [0.25, 0.3) is 43.5 Å². The van der Waals surface area contributed by atoms with Gasteiger partial charge in [-0.3, -0.25) is 4.98 Å². The van der Waals surface area contributed by atoms with Crippen molar-refractivity contribution >= 4 is 43.5 Å². The number of aryl methyl sites for hydroxylation is 1. The van der Waals surface area contributed by atoms with Crippen molar-refractivity contribution in [2.45, 2.75) is 39.7 Å². The Hall–Kier alpha value is -2.61. The van der Waals surface area contributed by atoms with Gasteiger partial charge in [0.15, 0.2) is 0 Å². The van der Waals surface area contributed by atoms with E-state index in [1.54, 1.807) is 0 Å². The van der Waals surface area contributed by atoms with E-state index in [9.17, 15) is 0 Å². The largest absolute Gasteiger partial charge is 0.341 e. The summed E-state index contributed by atoms with van der Waals surface area (Å²) in [5.74, 6) is 0. The molecule has 0 aliphatic heterocycles. The molecule has 0 saturated heterocycles. The van der Waals surface area contributed by atoms with Gasteiger partial charge in [-0.25, -0.2) is 0 Å². The number of pyridine rings is 1. The van der Waals surface area contributed by atoms with Crippen molar-refractivity contribution in [3.63, 3.8) is 0 Å². The van der Waals surface area contributed by atoms with Crippen molar-refractivity contribution in [3.8, 4) is 0 Å². The molecule has 5 rings (SSSR count). The first-order valence-corrected chi connectivity index (χ1v) is 9.06. The minimum Gasteiger partial charge on any atom is -0.341 e. The summed E-state index contributed by atoms with van der Waals surface area (Å²) in [7, 11) is 0. The number of rotatable bonds is 1. The van der Waals surface area contributed by atoms with Gasteiger partial charge in [0.05, 0.1) is 16.6 Å². The Bertz CT molecular complexity index is 1250. The van der Waals surface area contributed by atoms with Crippen LogP contribution < -0.4 is 0 Å².